The van der Waals surface area contributed by atoms with Gasteiger partial charge in [0.15, 0.2) is 0 Å². The first kappa shape index (κ1) is 11.6. The van der Waals surface area contributed by atoms with Crippen molar-refractivity contribution in [1.29, 1.82) is 0 Å². The number of hydrogen-bond acceptors (Lipinski definition) is 4. The van der Waals surface area contributed by atoms with E-state index in [4.69, 9.17) is 5.11 Å². The van der Waals surface area contributed by atoms with Crippen LogP contribution in [0.3, 0.4) is 0 Å². The summed E-state index contributed by atoms with van der Waals surface area (Å²) in [6, 6.07) is 1.47. The Morgan fingerprint density at radius 3 is 2.88 bits per heavy atom. The Bertz CT molecular complexity index is 509. The summed E-state index contributed by atoms with van der Waals surface area (Å²) in [5, 5.41) is 8.94. The fraction of sp³-hybridized carbons (Fsp3) is 0.545. The van der Waals surface area contributed by atoms with Crippen molar-refractivity contribution in [3.05, 3.63) is 22.1 Å². The minimum atomic E-state index is -0.787. The number of carboxylic acid groups (broad SMARTS) is 1. The summed E-state index contributed by atoms with van der Waals surface area (Å²) < 4.78 is 1.46. The molecule has 0 bridgehead atoms. The molecular weight excluding hydrogens is 222 g/mol. The van der Waals surface area contributed by atoms with Gasteiger partial charge in [-0.15, -0.1) is 0 Å². The molecule has 1 atom stereocenters. The van der Waals surface area contributed by atoms with Gasteiger partial charge in [0, 0.05) is 31.9 Å². The van der Waals surface area contributed by atoms with Gasteiger partial charge in [-0.25, -0.2) is 4.98 Å². The Morgan fingerprint density at radius 1 is 1.59 bits per heavy atom. The summed E-state index contributed by atoms with van der Waals surface area (Å²) in [6.45, 7) is 2.80. The first-order valence-electron chi connectivity index (χ1n) is 5.51. The van der Waals surface area contributed by atoms with Crippen LogP contribution in [0.4, 0.5) is 5.95 Å². The molecule has 1 saturated heterocycles. The molecule has 1 aliphatic heterocycles. The molecule has 0 aliphatic carbocycles. The van der Waals surface area contributed by atoms with Crippen molar-refractivity contribution in [3.63, 3.8) is 0 Å². The van der Waals surface area contributed by atoms with Gasteiger partial charge in [-0.05, 0) is 13.3 Å². The highest BCUT2D eigenvalue weighted by Crippen LogP contribution is 2.21. The molecule has 0 aromatic carbocycles. The van der Waals surface area contributed by atoms with Crippen LogP contribution >= 0.6 is 0 Å². The molecule has 1 aromatic rings. The van der Waals surface area contributed by atoms with Gasteiger partial charge in [-0.2, -0.15) is 0 Å². The van der Waals surface area contributed by atoms with Crippen molar-refractivity contribution in [2.45, 2.75) is 13.3 Å². The average Bonchev–Trinajstić information content (AvgIpc) is 2.72. The lowest BCUT2D eigenvalue weighted by Crippen LogP contribution is -2.31. The van der Waals surface area contributed by atoms with E-state index in [1.54, 1.807) is 14.0 Å². The minimum Gasteiger partial charge on any atom is -0.481 e. The summed E-state index contributed by atoms with van der Waals surface area (Å²) in [6.07, 6.45) is 0.596. The third-order valence-electron chi connectivity index (χ3n) is 3.06. The second-order valence-corrected chi connectivity index (χ2v) is 4.36. The summed E-state index contributed by atoms with van der Waals surface area (Å²) in [4.78, 5) is 28.7. The molecule has 1 aromatic heterocycles. The molecule has 0 spiro atoms. The SMILES string of the molecule is Cc1cc(=O)n(C)c(N2CC[C@H](C(=O)O)C2)n1. The van der Waals surface area contributed by atoms with E-state index in [0.717, 1.165) is 0 Å². The maximum absolute atomic E-state index is 11.6. The Hall–Kier alpha value is -1.85. The Kier molecular flexibility index (Phi) is 2.87. The Morgan fingerprint density at radius 2 is 2.29 bits per heavy atom. The van der Waals surface area contributed by atoms with Crippen LogP contribution in [0.15, 0.2) is 10.9 Å². The Balaban J connectivity index is 2.30. The molecule has 1 fully saturated rings. The van der Waals surface area contributed by atoms with Crippen molar-refractivity contribution in [2.24, 2.45) is 13.0 Å². The molecule has 0 saturated carbocycles. The largest absolute Gasteiger partial charge is 0.481 e. The van der Waals surface area contributed by atoms with Crippen molar-refractivity contribution in [3.8, 4) is 0 Å². The summed E-state index contributed by atoms with van der Waals surface area (Å²) >= 11 is 0. The van der Waals surface area contributed by atoms with Gasteiger partial charge in [0.25, 0.3) is 5.56 Å². The topological polar surface area (TPSA) is 75.4 Å². The molecule has 1 aliphatic rings. The van der Waals surface area contributed by atoms with Crippen LogP contribution in [0.2, 0.25) is 0 Å². The summed E-state index contributed by atoms with van der Waals surface area (Å²) in [5.74, 6) is -0.601. The normalized spacial score (nSPS) is 19.6. The quantitative estimate of drug-likeness (QED) is 0.783. The number of aromatic nitrogens is 2. The molecule has 6 nitrogen and oxygen atoms in total. The van der Waals surface area contributed by atoms with Crippen molar-refractivity contribution >= 4 is 11.9 Å². The lowest BCUT2D eigenvalue weighted by molar-refractivity contribution is -0.140. The molecule has 17 heavy (non-hydrogen) atoms. The predicted octanol–water partition coefficient (Wildman–Crippen LogP) is -0.000380. The van der Waals surface area contributed by atoms with Gasteiger partial charge in [0.2, 0.25) is 5.95 Å². The van der Waals surface area contributed by atoms with Crippen molar-refractivity contribution in [2.75, 3.05) is 18.0 Å². The number of nitrogens with zero attached hydrogens (tertiary/aromatic N) is 3. The first-order chi connectivity index (χ1) is 7.99. The second kappa shape index (κ2) is 4.20. The molecule has 0 unspecified atom stereocenters. The lowest BCUT2D eigenvalue weighted by atomic mass is 10.1. The standard InChI is InChI=1S/C11H15N3O3/c1-7-5-9(15)13(2)11(12-7)14-4-3-8(6-14)10(16)17/h5,8H,3-4,6H2,1-2H3,(H,16,17)/t8-/m0/s1. The maximum Gasteiger partial charge on any atom is 0.308 e. The predicted molar refractivity (Wildman–Crippen MR) is 62.2 cm³/mol. The summed E-state index contributed by atoms with van der Waals surface area (Å²) in [5.41, 5.74) is 0.535. The fourth-order valence-electron chi connectivity index (χ4n) is 2.07. The number of aliphatic carboxylic acids is 1. The maximum atomic E-state index is 11.6. The van der Waals surface area contributed by atoms with E-state index in [9.17, 15) is 9.59 Å². The molecule has 0 radical (unpaired) electrons. The van der Waals surface area contributed by atoms with Gasteiger partial charge >= 0.3 is 5.97 Å². The van der Waals surface area contributed by atoms with Crippen molar-refractivity contribution in [1.82, 2.24) is 9.55 Å². The van der Waals surface area contributed by atoms with Crippen LogP contribution in [0.5, 0.6) is 0 Å². The van der Waals surface area contributed by atoms with E-state index in [0.29, 0.717) is 31.2 Å². The van der Waals surface area contributed by atoms with Crippen LogP contribution in [0.25, 0.3) is 0 Å². The molecule has 6 heteroatoms. The van der Waals surface area contributed by atoms with Crippen LogP contribution in [0, 0.1) is 12.8 Å². The molecule has 2 rings (SSSR count). The number of hydrogen-bond donors (Lipinski definition) is 1. The third kappa shape index (κ3) is 2.15. The zero-order chi connectivity index (χ0) is 12.6. The minimum absolute atomic E-state index is 0.119. The van der Waals surface area contributed by atoms with E-state index in [1.807, 2.05) is 4.90 Å². The van der Waals surface area contributed by atoms with Crippen LogP contribution in [-0.2, 0) is 11.8 Å². The molecule has 92 valence electrons. The highest BCUT2D eigenvalue weighted by molar-refractivity contribution is 5.71. The third-order valence-corrected chi connectivity index (χ3v) is 3.06. The fourth-order valence-corrected chi connectivity index (χ4v) is 2.07. The number of rotatable bonds is 2. The van der Waals surface area contributed by atoms with Gasteiger partial charge in [-0.3, -0.25) is 14.2 Å². The monoisotopic (exact) mass is 237 g/mol. The first-order valence-corrected chi connectivity index (χ1v) is 5.51. The van der Waals surface area contributed by atoms with E-state index in [2.05, 4.69) is 4.98 Å². The van der Waals surface area contributed by atoms with Gasteiger partial charge < -0.3 is 10.0 Å². The smallest absolute Gasteiger partial charge is 0.308 e. The van der Waals surface area contributed by atoms with Crippen molar-refractivity contribution < 1.29 is 9.90 Å². The molecule has 0 amide bonds. The lowest BCUT2D eigenvalue weighted by Gasteiger charge is -2.19. The highest BCUT2D eigenvalue weighted by Gasteiger charge is 2.29. The molecule has 1 N–H and O–H groups in total. The zero-order valence-corrected chi connectivity index (χ0v) is 9.88. The van der Waals surface area contributed by atoms with E-state index >= 15 is 0 Å². The van der Waals surface area contributed by atoms with E-state index in [1.165, 1.54) is 10.6 Å². The second-order valence-electron chi connectivity index (χ2n) is 4.36. The van der Waals surface area contributed by atoms with Crippen LogP contribution in [0.1, 0.15) is 12.1 Å². The van der Waals surface area contributed by atoms with E-state index < -0.39 is 5.97 Å². The van der Waals surface area contributed by atoms with Crippen LogP contribution < -0.4 is 10.5 Å². The Labute approximate surface area is 98.5 Å². The average molecular weight is 237 g/mol. The van der Waals surface area contributed by atoms with E-state index in [-0.39, 0.29) is 11.5 Å². The summed E-state index contributed by atoms with van der Waals surface area (Å²) in [7, 11) is 1.65. The number of carbonyl (C=O) groups is 1. The number of anilines is 1. The van der Waals surface area contributed by atoms with Gasteiger partial charge in [-0.1, -0.05) is 0 Å². The highest BCUT2D eigenvalue weighted by atomic mass is 16.4. The molecular formula is C11H15N3O3. The number of carboxylic acids is 1. The number of aryl methyl sites for hydroxylation is 1. The van der Waals surface area contributed by atoms with Gasteiger partial charge in [0.05, 0.1) is 5.92 Å². The molecule has 2 heterocycles. The van der Waals surface area contributed by atoms with Gasteiger partial charge in [0.1, 0.15) is 0 Å². The zero-order valence-electron chi connectivity index (χ0n) is 9.88. The van der Waals surface area contributed by atoms with Crippen LogP contribution in [-0.4, -0.2) is 33.7 Å².